The second kappa shape index (κ2) is 9.65. The summed E-state index contributed by atoms with van der Waals surface area (Å²) >= 11 is 0. The first-order chi connectivity index (χ1) is 18.0. The molecule has 3 aromatic carbocycles. The predicted molar refractivity (Wildman–Crippen MR) is 144 cm³/mol. The molecular formula is C29H21N7O. The highest BCUT2D eigenvalue weighted by atomic mass is 16.1. The SMILES string of the molecule is [C-]#[N+]c1cnc(N)nc1N[C@@H](C)c1cc2cccc(-c3ccc(C#N)cc3)c2c(=O)n1-c1ccccc1. The minimum absolute atomic E-state index is 0.0492. The largest absolute Gasteiger partial charge is 0.371 e. The van der Waals surface area contributed by atoms with Gasteiger partial charge in [0, 0.05) is 17.6 Å². The van der Waals surface area contributed by atoms with Crippen molar-refractivity contribution in [2.45, 2.75) is 13.0 Å². The van der Waals surface area contributed by atoms with Crippen LogP contribution < -0.4 is 16.6 Å². The summed E-state index contributed by atoms with van der Waals surface area (Å²) < 4.78 is 1.68. The van der Waals surface area contributed by atoms with E-state index in [0.29, 0.717) is 28.1 Å². The van der Waals surface area contributed by atoms with Gasteiger partial charge in [-0.3, -0.25) is 9.36 Å². The lowest BCUT2D eigenvalue weighted by molar-refractivity contribution is 0.774. The molecule has 37 heavy (non-hydrogen) atoms. The van der Waals surface area contributed by atoms with E-state index in [4.69, 9.17) is 12.3 Å². The third-order valence-corrected chi connectivity index (χ3v) is 6.12. The first-order valence-electron chi connectivity index (χ1n) is 11.5. The molecule has 3 N–H and O–H groups in total. The number of hydrogen-bond acceptors (Lipinski definition) is 6. The average molecular weight is 484 g/mol. The topological polar surface area (TPSA) is 114 Å². The number of nitrogens with zero attached hydrogens (tertiary/aromatic N) is 5. The average Bonchev–Trinajstić information content (AvgIpc) is 2.93. The Bertz CT molecular complexity index is 1760. The van der Waals surface area contributed by atoms with Gasteiger partial charge < -0.3 is 11.1 Å². The fraction of sp³-hybridized carbons (Fsp3) is 0.0690. The van der Waals surface area contributed by atoms with Crippen LogP contribution in [0.15, 0.2) is 89.9 Å². The Hall–Kier alpha value is -5.47. The third kappa shape index (κ3) is 4.36. The molecule has 0 aliphatic carbocycles. The molecule has 178 valence electrons. The van der Waals surface area contributed by atoms with Crippen molar-refractivity contribution in [3.63, 3.8) is 0 Å². The Morgan fingerprint density at radius 2 is 1.84 bits per heavy atom. The molecule has 0 amide bonds. The van der Waals surface area contributed by atoms with E-state index in [0.717, 1.165) is 16.5 Å². The van der Waals surface area contributed by atoms with E-state index in [-0.39, 0.29) is 17.2 Å². The van der Waals surface area contributed by atoms with Gasteiger partial charge in [-0.2, -0.15) is 5.26 Å². The number of nitrogen functional groups attached to an aromatic ring is 1. The van der Waals surface area contributed by atoms with Gasteiger partial charge in [0.1, 0.15) is 5.82 Å². The lowest BCUT2D eigenvalue weighted by atomic mass is 9.97. The van der Waals surface area contributed by atoms with Crippen molar-refractivity contribution < 1.29 is 0 Å². The van der Waals surface area contributed by atoms with Crippen molar-refractivity contribution in [3.05, 3.63) is 118 Å². The molecule has 0 saturated heterocycles. The molecule has 0 unspecified atom stereocenters. The van der Waals surface area contributed by atoms with Crippen molar-refractivity contribution in [3.8, 4) is 22.9 Å². The summed E-state index contributed by atoms with van der Waals surface area (Å²) in [7, 11) is 0. The van der Waals surface area contributed by atoms with Crippen molar-refractivity contribution in [1.29, 1.82) is 5.26 Å². The predicted octanol–water partition coefficient (Wildman–Crippen LogP) is 5.63. The summed E-state index contributed by atoms with van der Waals surface area (Å²) in [5.74, 6) is 0.349. The number of para-hydroxylation sites is 1. The number of aromatic nitrogens is 3. The number of anilines is 2. The van der Waals surface area contributed by atoms with Gasteiger partial charge in [0.25, 0.3) is 5.56 Å². The lowest BCUT2D eigenvalue weighted by Crippen LogP contribution is -2.26. The fourth-order valence-electron chi connectivity index (χ4n) is 4.37. The van der Waals surface area contributed by atoms with E-state index in [2.05, 4.69) is 26.2 Å². The van der Waals surface area contributed by atoms with Crippen LogP contribution in [0.1, 0.15) is 24.2 Å². The number of fused-ring (bicyclic) bond motifs is 1. The van der Waals surface area contributed by atoms with Crippen molar-refractivity contribution in [2.75, 3.05) is 11.1 Å². The molecule has 5 rings (SSSR count). The van der Waals surface area contributed by atoms with Crippen LogP contribution >= 0.6 is 0 Å². The molecule has 1 atom stereocenters. The number of benzene rings is 3. The summed E-state index contributed by atoms with van der Waals surface area (Å²) in [5, 5.41) is 13.8. The molecule has 0 aliphatic heterocycles. The number of nitrogens with one attached hydrogen (secondary N) is 1. The van der Waals surface area contributed by atoms with Crippen LogP contribution in [0.4, 0.5) is 17.5 Å². The molecule has 0 bridgehead atoms. The minimum Gasteiger partial charge on any atom is -0.371 e. The van der Waals surface area contributed by atoms with Crippen molar-refractivity contribution >= 4 is 28.2 Å². The lowest BCUT2D eigenvalue weighted by Gasteiger charge is -2.22. The number of hydrogen-bond donors (Lipinski definition) is 2. The summed E-state index contributed by atoms with van der Waals surface area (Å²) in [6.07, 6.45) is 1.37. The van der Waals surface area contributed by atoms with Gasteiger partial charge in [-0.1, -0.05) is 48.5 Å². The highest BCUT2D eigenvalue weighted by molar-refractivity contribution is 5.96. The molecule has 0 saturated carbocycles. The van der Waals surface area contributed by atoms with Crippen LogP contribution in [0.25, 0.3) is 32.4 Å². The number of rotatable bonds is 5. The summed E-state index contributed by atoms with van der Waals surface area (Å²) in [6.45, 7) is 9.34. The van der Waals surface area contributed by atoms with Crippen LogP contribution in [0, 0.1) is 17.9 Å². The molecule has 0 fully saturated rings. The molecule has 2 aromatic heterocycles. The zero-order chi connectivity index (χ0) is 25.9. The number of nitrogens with two attached hydrogens (primary N) is 1. The molecular weight excluding hydrogens is 462 g/mol. The van der Waals surface area contributed by atoms with Gasteiger partial charge >= 0.3 is 0 Å². The van der Waals surface area contributed by atoms with E-state index in [1.54, 1.807) is 16.7 Å². The zero-order valence-electron chi connectivity index (χ0n) is 19.9. The monoisotopic (exact) mass is 483 g/mol. The van der Waals surface area contributed by atoms with Crippen LogP contribution in [0.5, 0.6) is 0 Å². The highest BCUT2D eigenvalue weighted by Gasteiger charge is 2.20. The van der Waals surface area contributed by atoms with Crippen LogP contribution in [0.2, 0.25) is 0 Å². The van der Waals surface area contributed by atoms with Gasteiger partial charge in [-0.15, -0.1) is 0 Å². The van der Waals surface area contributed by atoms with Crippen LogP contribution in [-0.2, 0) is 0 Å². The minimum atomic E-state index is -0.411. The van der Waals surface area contributed by atoms with Crippen LogP contribution in [-0.4, -0.2) is 14.5 Å². The van der Waals surface area contributed by atoms with Gasteiger partial charge in [-0.05, 0) is 53.8 Å². The Labute approximate surface area is 213 Å². The Morgan fingerprint density at radius 3 is 2.54 bits per heavy atom. The molecule has 5 aromatic rings. The van der Waals surface area contributed by atoms with E-state index in [1.807, 2.05) is 73.7 Å². The first kappa shape index (κ1) is 23.3. The van der Waals surface area contributed by atoms with Crippen molar-refractivity contribution in [2.24, 2.45) is 0 Å². The van der Waals surface area contributed by atoms with Gasteiger partial charge in [0.05, 0.1) is 29.6 Å². The molecule has 0 aliphatic rings. The quantitative estimate of drug-likeness (QED) is 0.313. The highest BCUT2D eigenvalue weighted by Crippen LogP contribution is 2.31. The Balaban J connectivity index is 1.74. The second-order valence-corrected chi connectivity index (χ2v) is 8.44. The standard InChI is InChI=1S/C29H21N7O/c1-18(34-27-24(32-2)17-33-29(31)35-27)25-15-21-7-6-10-23(20-13-11-19(16-30)12-14-20)26(21)28(37)36(25)22-8-4-3-5-9-22/h3-15,17-18H,1H3,(H3,31,33,34,35)/t18-/m0/s1. The molecule has 0 spiro atoms. The zero-order valence-corrected chi connectivity index (χ0v) is 19.9. The van der Waals surface area contributed by atoms with Gasteiger partial charge in [0.2, 0.25) is 11.6 Å². The maximum atomic E-state index is 14.2. The first-order valence-corrected chi connectivity index (χ1v) is 11.5. The van der Waals surface area contributed by atoms with E-state index >= 15 is 0 Å². The normalized spacial score (nSPS) is 11.4. The Kier molecular flexibility index (Phi) is 6.07. The van der Waals surface area contributed by atoms with Crippen LogP contribution in [0.3, 0.4) is 0 Å². The number of nitriles is 1. The fourth-order valence-corrected chi connectivity index (χ4v) is 4.37. The molecule has 8 heteroatoms. The van der Waals surface area contributed by atoms with E-state index in [1.165, 1.54) is 6.20 Å². The van der Waals surface area contributed by atoms with Gasteiger partial charge in [0.15, 0.2) is 0 Å². The van der Waals surface area contributed by atoms with E-state index < -0.39 is 6.04 Å². The summed E-state index contributed by atoms with van der Waals surface area (Å²) in [5.41, 5.74) is 9.40. The maximum absolute atomic E-state index is 14.2. The van der Waals surface area contributed by atoms with Gasteiger partial charge in [-0.25, -0.2) is 14.8 Å². The smallest absolute Gasteiger partial charge is 0.263 e. The third-order valence-electron chi connectivity index (χ3n) is 6.12. The Morgan fingerprint density at radius 1 is 1.08 bits per heavy atom. The molecule has 2 heterocycles. The number of pyridine rings is 1. The second-order valence-electron chi connectivity index (χ2n) is 8.44. The maximum Gasteiger partial charge on any atom is 0.263 e. The molecule has 0 radical (unpaired) electrons. The summed E-state index contributed by atoms with van der Waals surface area (Å²) in [4.78, 5) is 25.8. The van der Waals surface area contributed by atoms with Crippen molar-refractivity contribution in [1.82, 2.24) is 14.5 Å². The van der Waals surface area contributed by atoms with E-state index in [9.17, 15) is 10.1 Å². The molecule has 8 nitrogen and oxygen atoms in total. The summed E-state index contributed by atoms with van der Waals surface area (Å²) in [6, 6.07) is 26.0.